The summed E-state index contributed by atoms with van der Waals surface area (Å²) in [5.74, 6) is 0. The summed E-state index contributed by atoms with van der Waals surface area (Å²) in [4.78, 5) is 11.3. The van der Waals surface area contributed by atoms with Crippen LogP contribution in [-0.2, 0) is 0 Å². The Balaban J connectivity index is 1.84. The van der Waals surface area contributed by atoms with Gasteiger partial charge in [0.2, 0.25) is 0 Å². The normalized spacial score (nSPS) is 20.2. The first-order chi connectivity index (χ1) is 9.16. The second-order valence-corrected chi connectivity index (χ2v) is 5.68. The van der Waals surface area contributed by atoms with E-state index in [1.54, 1.807) is 12.4 Å². The largest absolute Gasteiger partial charge is 0.305 e. The van der Waals surface area contributed by atoms with E-state index in [2.05, 4.69) is 34.0 Å². The van der Waals surface area contributed by atoms with Gasteiger partial charge in [0.15, 0.2) is 0 Å². The minimum absolute atomic E-state index is 0.258. The van der Waals surface area contributed by atoms with E-state index in [4.69, 9.17) is 0 Å². The second kappa shape index (κ2) is 6.96. The molecular weight excluding hydrogens is 236 g/mol. The molecule has 0 radical (unpaired) electrons. The molecule has 2 atom stereocenters. The molecule has 0 saturated carbocycles. The molecule has 106 valence electrons. The van der Waals surface area contributed by atoms with E-state index in [9.17, 15) is 0 Å². The summed E-state index contributed by atoms with van der Waals surface area (Å²) in [6.07, 6.45) is 7.63. The van der Waals surface area contributed by atoms with Crippen LogP contribution in [0.5, 0.6) is 0 Å². The van der Waals surface area contributed by atoms with Crippen LogP contribution in [0, 0.1) is 6.92 Å². The highest BCUT2D eigenvalue weighted by molar-refractivity contribution is 5.12. The Morgan fingerprint density at radius 1 is 1.16 bits per heavy atom. The molecule has 1 aliphatic heterocycles. The van der Waals surface area contributed by atoms with Crippen molar-refractivity contribution in [2.24, 2.45) is 0 Å². The Morgan fingerprint density at radius 2 is 1.84 bits per heavy atom. The van der Waals surface area contributed by atoms with Crippen molar-refractivity contribution in [3.8, 4) is 0 Å². The van der Waals surface area contributed by atoms with Gasteiger partial charge in [-0.1, -0.05) is 6.42 Å². The Labute approximate surface area is 116 Å². The summed E-state index contributed by atoms with van der Waals surface area (Å²) in [7, 11) is 0. The Kier molecular flexibility index (Phi) is 5.28. The molecule has 1 aliphatic rings. The van der Waals surface area contributed by atoms with Crippen molar-refractivity contribution < 1.29 is 0 Å². The number of aryl methyl sites for hydroxylation is 1. The van der Waals surface area contributed by atoms with Gasteiger partial charge in [0.25, 0.3) is 0 Å². The van der Waals surface area contributed by atoms with Gasteiger partial charge in [-0.25, -0.2) is 0 Å². The second-order valence-electron chi connectivity index (χ2n) is 5.68. The lowest BCUT2D eigenvalue weighted by atomic mass is 10.1. The number of rotatable bonds is 5. The van der Waals surface area contributed by atoms with Crippen LogP contribution in [0.1, 0.15) is 50.5 Å². The third kappa shape index (κ3) is 4.25. The van der Waals surface area contributed by atoms with Crippen molar-refractivity contribution in [1.29, 1.82) is 0 Å². The molecule has 1 N–H and O–H groups in total. The average molecular weight is 262 g/mol. The molecule has 0 bridgehead atoms. The summed E-state index contributed by atoms with van der Waals surface area (Å²) < 4.78 is 0. The highest BCUT2D eigenvalue weighted by Crippen LogP contribution is 2.14. The van der Waals surface area contributed by atoms with Crippen LogP contribution < -0.4 is 5.32 Å². The topological polar surface area (TPSA) is 41.1 Å². The molecule has 0 aliphatic carbocycles. The molecule has 1 fully saturated rings. The van der Waals surface area contributed by atoms with E-state index in [0.717, 1.165) is 17.9 Å². The summed E-state index contributed by atoms with van der Waals surface area (Å²) in [6, 6.07) is 0.739. The van der Waals surface area contributed by atoms with E-state index >= 15 is 0 Å². The van der Waals surface area contributed by atoms with Crippen molar-refractivity contribution >= 4 is 0 Å². The zero-order chi connectivity index (χ0) is 13.7. The van der Waals surface area contributed by atoms with Crippen molar-refractivity contribution in [1.82, 2.24) is 20.2 Å². The first-order valence-electron chi connectivity index (χ1n) is 7.42. The maximum Gasteiger partial charge on any atom is 0.0782 e. The van der Waals surface area contributed by atoms with Crippen LogP contribution in [-0.4, -0.2) is 40.5 Å². The summed E-state index contributed by atoms with van der Waals surface area (Å²) >= 11 is 0. The van der Waals surface area contributed by atoms with Gasteiger partial charge < -0.3 is 10.2 Å². The molecule has 4 nitrogen and oxygen atoms in total. The van der Waals surface area contributed by atoms with Gasteiger partial charge in [-0.15, -0.1) is 0 Å². The van der Waals surface area contributed by atoms with Crippen LogP contribution in [0.2, 0.25) is 0 Å². The Morgan fingerprint density at radius 3 is 2.53 bits per heavy atom. The van der Waals surface area contributed by atoms with Crippen molar-refractivity contribution in [3.05, 3.63) is 23.8 Å². The summed E-state index contributed by atoms with van der Waals surface area (Å²) in [6.45, 7) is 10.1. The summed E-state index contributed by atoms with van der Waals surface area (Å²) in [5.41, 5.74) is 2.08. The number of hydrogen-bond donors (Lipinski definition) is 1. The molecule has 1 aromatic heterocycles. The highest BCUT2D eigenvalue weighted by Gasteiger charge is 2.17. The molecule has 19 heavy (non-hydrogen) atoms. The quantitative estimate of drug-likeness (QED) is 0.884. The third-order valence-electron chi connectivity index (χ3n) is 3.84. The fourth-order valence-corrected chi connectivity index (χ4v) is 2.93. The van der Waals surface area contributed by atoms with Crippen LogP contribution >= 0.6 is 0 Å². The van der Waals surface area contributed by atoms with Gasteiger partial charge in [-0.05, 0) is 46.7 Å². The van der Waals surface area contributed by atoms with E-state index in [1.807, 2.05) is 6.92 Å². The minimum Gasteiger partial charge on any atom is -0.305 e. The minimum atomic E-state index is 0.258. The number of piperidine rings is 1. The highest BCUT2D eigenvalue weighted by atomic mass is 15.2. The van der Waals surface area contributed by atoms with Crippen molar-refractivity contribution in [2.75, 3.05) is 19.6 Å². The SMILES string of the molecule is Cc1nccnc1C(C)NC(C)CN1CCCCC1. The Hall–Kier alpha value is -1.00. The molecule has 4 heteroatoms. The fourth-order valence-electron chi connectivity index (χ4n) is 2.93. The molecule has 1 aromatic rings. The van der Waals surface area contributed by atoms with Crippen molar-refractivity contribution in [3.63, 3.8) is 0 Å². The van der Waals surface area contributed by atoms with Gasteiger partial charge in [-0.2, -0.15) is 0 Å². The maximum absolute atomic E-state index is 4.44. The molecule has 0 amide bonds. The number of hydrogen-bond acceptors (Lipinski definition) is 4. The zero-order valence-corrected chi connectivity index (χ0v) is 12.4. The lowest BCUT2D eigenvalue weighted by Gasteiger charge is -2.30. The lowest BCUT2D eigenvalue weighted by Crippen LogP contribution is -2.42. The van der Waals surface area contributed by atoms with Crippen LogP contribution in [0.3, 0.4) is 0 Å². The first kappa shape index (κ1) is 14.4. The lowest BCUT2D eigenvalue weighted by molar-refractivity contribution is 0.205. The predicted octanol–water partition coefficient (Wildman–Crippen LogP) is 2.31. The van der Waals surface area contributed by atoms with Crippen molar-refractivity contribution in [2.45, 2.75) is 52.1 Å². The first-order valence-corrected chi connectivity index (χ1v) is 7.42. The number of nitrogens with zero attached hydrogens (tertiary/aromatic N) is 3. The van der Waals surface area contributed by atoms with E-state index in [1.165, 1.54) is 32.4 Å². The summed E-state index contributed by atoms with van der Waals surface area (Å²) in [5, 5.41) is 3.64. The van der Waals surface area contributed by atoms with E-state index in [-0.39, 0.29) is 6.04 Å². The maximum atomic E-state index is 4.44. The van der Waals surface area contributed by atoms with Gasteiger partial charge >= 0.3 is 0 Å². The monoisotopic (exact) mass is 262 g/mol. The standard InChI is InChI=1S/C15H26N4/c1-12(11-19-9-5-4-6-10-19)18-14(3)15-13(2)16-7-8-17-15/h7-8,12,14,18H,4-6,9-11H2,1-3H3. The average Bonchev–Trinajstić information content (AvgIpc) is 2.40. The third-order valence-corrected chi connectivity index (χ3v) is 3.84. The van der Waals surface area contributed by atoms with Crippen LogP contribution in [0.4, 0.5) is 0 Å². The molecule has 1 saturated heterocycles. The predicted molar refractivity (Wildman–Crippen MR) is 78.1 cm³/mol. The van der Waals surface area contributed by atoms with Gasteiger partial charge in [0, 0.05) is 31.0 Å². The van der Waals surface area contributed by atoms with E-state index < -0.39 is 0 Å². The van der Waals surface area contributed by atoms with Crippen LogP contribution in [0.15, 0.2) is 12.4 Å². The smallest absolute Gasteiger partial charge is 0.0782 e. The number of aromatic nitrogens is 2. The molecule has 0 aromatic carbocycles. The fraction of sp³-hybridized carbons (Fsp3) is 0.733. The number of likely N-dealkylation sites (tertiary alicyclic amines) is 1. The molecular formula is C15H26N4. The van der Waals surface area contributed by atoms with Gasteiger partial charge in [-0.3, -0.25) is 9.97 Å². The molecule has 2 rings (SSSR count). The zero-order valence-electron chi connectivity index (χ0n) is 12.4. The Bertz CT molecular complexity index is 387. The molecule has 2 unspecified atom stereocenters. The van der Waals surface area contributed by atoms with E-state index in [0.29, 0.717) is 6.04 Å². The number of nitrogens with one attached hydrogen (secondary N) is 1. The van der Waals surface area contributed by atoms with Gasteiger partial charge in [0.05, 0.1) is 11.4 Å². The van der Waals surface area contributed by atoms with Gasteiger partial charge in [0.1, 0.15) is 0 Å². The molecule has 0 spiro atoms. The molecule has 2 heterocycles. The van der Waals surface area contributed by atoms with Crippen LogP contribution in [0.25, 0.3) is 0 Å².